The van der Waals surface area contributed by atoms with E-state index in [2.05, 4.69) is 10.6 Å². The molecule has 0 aliphatic rings. The monoisotopic (exact) mass is 264 g/mol. The number of rotatable bonds is 4. The summed E-state index contributed by atoms with van der Waals surface area (Å²) in [4.78, 5) is 0. The van der Waals surface area contributed by atoms with Gasteiger partial charge in [0.25, 0.3) is 0 Å². The quantitative estimate of drug-likeness (QED) is 0.679. The van der Waals surface area contributed by atoms with E-state index in [1.165, 1.54) is 0 Å². The molecule has 0 unspecified atom stereocenters. The number of anilines is 4. The molecule has 0 aliphatic carbocycles. The molecule has 98 valence electrons. The van der Waals surface area contributed by atoms with Crippen molar-refractivity contribution in [2.24, 2.45) is 0 Å². The van der Waals surface area contributed by atoms with Gasteiger partial charge in [-0.15, -0.1) is 0 Å². The minimum absolute atomic E-state index is 0.113. The van der Waals surface area contributed by atoms with E-state index < -0.39 is 0 Å². The molecular formula is C18H16N2. The summed E-state index contributed by atoms with van der Waals surface area (Å²) in [5, 5.41) is 5.94. The highest BCUT2D eigenvalue weighted by molar-refractivity contribution is 5.65. The molecule has 0 saturated heterocycles. The average Bonchev–Trinajstić information content (AvgIpc) is 2.62. The summed E-state index contributed by atoms with van der Waals surface area (Å²) in [5.74, 6) is 0. The molecule has 0 bridgehead atoms. The molecule has 0 aromatic heterocycles. The molecule has 0 aliphatic heterocycles. The number of nitrogens with one attached hydrogen (secondary N) is 2. The van der Waals surface area contributed by atoms with Crippen LogP contribution < -0.4 is 10.6 Å². The first-order chi connectivity index (χ1) is 11.6. The van der Waals surface area contributed by atoms with Crippen LogP contribution in [0.1, 0.15) is 5.48 Å². The van der Waals surface area contributed by atoms with Crippen LogP contribution in [0, 0.1) is 0 Å². The lowest BCUT2D eigenvalue weighted by atomic mass is 10.2. The molecule has 2 N–H and O–H groups in total. The molecule has 0 radical (unpaired) electrons. The fraction of sp³-hybridized carbons (Fsp3) is 0. The molecule has 0 atom stereocenters. The smallest absolute Gasteiger partial charge is 0.0645 e. The van der Waals surface area contributed by atoms with Crippen LogP contribution >= 0.6 is 0 Å². The molecule has 3 aromatic rings. The molecule has 3 aromatic carbocycles. The largest absolute Gasteiger partial charge is 0.356 e. The van der Waals surface area contributed by atoms with E-state index in [1.807, 2.05) is 60.7 Å². The maximum atomic E-state index is 8.20. The molecule has 0 saturated carbocycles. The first kappa shape index (κ1) is 8.43. The van der Waals surface area contributed by atoms with E-state index >= 15 is 0 Å². The lowest BCUT2D eigenvalue weighted by Crippen LogP contribution is -1.92. The van der Waals surface area contributed by atoms with Crippen molar-refractivity contribution in [2.45, 2.75) is 0 Å². The van der Waals surface area contributed by atoms with E-state index in [0.717, 1.165) is 0 Å². The number of benzene rings is 3. The van der Waals surface area contributed by atoms with E-state index in [0.29, 0.717) is 11.4 Å². The minimum atomic E-state index is -0.113. The standard InChI is InChI=1S/C18H16N2/c1-3-7-15(8-4-1)19-17-11-13-18(14-12-17)20-16-9-5-2-6-10-16/h1-14,19-20H/i11D,12D,13D,14D. The average molecular weight is 264 g/mol. The lowest BCUT2D eigenvalue weighted by molar-refractivity contribution is 1.52. The minimum Gasteiger partial charge on any atom is -0.356 e. The zero-order chi connectivity index (χ0) is 17.1. The SMILES string of the molecule is [2H]c1c([2H])c(Nc2ccccc2)c([2H])c([2H])c1Nc1ccccc1. The fourth-order valence-electron chi connectivity index (χ4n) is 1.77. The zero-order valence-electron chi connectivity index (χ0n) is 14.8. The van der Waals surface area contributed by atoms with Gasteiger partial charge in [0.15, 0.2) is 0 Å². The highest BCUT2D eigenvalue weighted by atomic mass is 14.9. The first-order valence-electron chi connectivity index (χ1n) is 8.32. The van der Waals surface area contributed by atoms with Gasteiger partial charge in [-0.2, -0.15) is 0 Å². The number of para-hydroxylation sites is 2. The fourth-order valence-corrected chi connectivity index (χ4v) is 1.77. The zero-order valence-corrected chi connectivity index (χ0v) is 10.8. The summed E-state index contributed by atoms with van der Waals surface area (Å²) in [6.45, 7) is 0. The summed E-state index contributed by atoms with van der Waals surface area (Å²) in [5.41, 5.74) is 1.74. The van der Waals surface area contributed by atoms with Gasteiger partial charge in [-0.25, -0.2) is 0 Å². The van der Waals surface area contributed by atoms with Crippen LogP contribution in [0.3, 0.4) is 0 Å². The van der Waals surface area contributed by atoms with E-state index in [1.54, 1.807) is 0 Å². The van der Waals surface area contributed by atoms with Crippen LogP contribution in [0.15, 0.2) is 84.8 Å². The Balaban J connectivity index is 2.02. The summed E-state index contributed by atoms with van der Waals surface area (Å²) in [6.07, 6.45) is 0. The van der Waals surface area contributed by atoms with Crippen molar-refractivity contribution in [3.63, 3.8) is 0 Å². The van der Waals surface area contributed by atoms with Crippen molar-refractivity contribution in [1.82, 2.24) is 0 Å². The van der Waals surface area contributed by atoms with Crippen LogP contribution in [0.4, 0.5) is 22.7 Å². The van der Waals surface area contributed by atoms with Crippen LogP contribution in [-0.4, -0.2) is 0 Å². The molecular weight excluding hydrogens is 244 g/mol. The van der Waals surface area contributed by atoms with Crippen LogP contribution in [-0.2, 0) is 0 Å². The molecule has 0 amide bonds. The maximum absolute atomic E-state index is 8.20. The van der Waals surface area contributed by atoms with Crippen molar-refractivity contribution in [3.8, 4) is 0 Å². The van der Waals surface area contributed by atoms with E-state index in [9.17, 15) is 0 Å². The van der Waals surface area contributed by atoms with Gasteiger partial charge in [0.1, 0.15) is 0 Å². The summed E-state index contributed by atoms with van der Waals surface area (Å²) >= 11 is 0. The second-order valence-corrected chi connectivity index (χ2v) is 4.23. The highest BCUT2D eigenvalue weighted by Gasteiger charge is 1.96. The van der Waals surface area contributed by atoms with Gasteiger partial charge in [-0.05, 0) is 48.4 Å². The second kappa shape index (κ2) is 5.93. The Morgan fingerprint density at radius 3 is 1.20 bits per heavy atom. The van der Waals surface area contributed by atoms with Gasteiger partial charge in [-0.1, -0.05) is 36.4 Å². The molecule has 20 heavy (non-hydrogen) atoms. The molecule has 0 heterocycles. The second-order valence-electron chi connectivity index (χ2n) is 4.23. The van der Waals surface area contributed by atoms with E-state index in [-0.39, 0.29) is 35.5 Å². The Labute approximate surface area is 124 Å². The third kappa shape index (κ3) is 3.18. The molecule has 0 fully saturated rings. The lowest BCUT2D eigenvalue weighted by Gasteiger charge is -2.09. The number of hydrogen-bond donors (Lipinski definition) is 2. The molecule has 3 rings (SSSR count). The van der Waals surface area contributed by atoms with Crippen molar-refractivity contribution in [1.29, 1.82) is 0 Å². The Morgan fingerprint density at radius 2 is 0.850 bits per heavy atom. The Kier molecular flexibility index (Phi) is 2.50. The predicted octanol–water partition coefficient (Wildman–Crippen LogP) is 5.17. The molecule has 0 spiro atoms. The van der Waals surface area contributed by atoms with E-state index in [4.69, 9.17) is 5.48 Å². The Bertz CT molecular complexity index is 750. The van der Waals surface area contributed by atoms with Crippen molar-refractivity contribution in [2.75, 3.05) is 10.6 Å². The van der Waals surface area contributed by atoms with Gasteiger partial charge in [0.2, 0.25) is 0 Å². The van der Waals surface area contributed by atoms with Gasteiger partial charge < -0.3 is 10.6 Å². The Hall–Kier alpha value is -2.74. The third-order valence-corrected chi connectivity index (χ3v) is 2.71. The Morgan fingerprint density at radius 1 is 0.500 bits per heavy atom. The molecule has 2 nitrogen and oxygen atoms in total. The predicted molar refractivity (Wildman–Crippen MR) is 85.9 cm³/mol. The van der Waals surface area contributed by atoms with Crippen LogP contribution in [0.2, 0.25) is 0 Å². The normalized spacial score (nSPS) is 12.8. The third-order valence-electron chi connectivity index (χ3n) is 2.71. The van der Waals surface area contributed by atoms with Gasteiger partial charge in [0.05, 0.1) is 5.48 Å². The summed E-state index contributed by atoms with van der Waals surface area (Å²) < 4.78 is 32.8. The summed E-state index contributed by atoms with van der Waals surface area (Å²) in [6, 6.07) is 17.9. The maximum Gasteiger partial charge on any atom is 0.0645 e. The van der Waals surface area contributed by atoms with Crippen LogP contribution in [0.25, 0.3) is 0 Å². The topological polar surface area (TPSA) is 24.1 Å². The van der Waals surface area contributed by atoms with Gasteiger partial charge in [-0.3, -0.25) is 0 Å². The highest BCUT2D eigenvalue weighted by Crippen LogP contribution is 2.21. The van der Waals surface area contributed by atoms with Crippen LogP contribution in [0.5, 0.6) is 0 Å². The van der Waals surface area contributed by atoms with Gasteiger partial charge in [0, 0.05) is 22.7 Å². The summed E-state index contributed by atoms with van der Waals surface area (Å²) in [7, 11) is 0. The molecule has 2 heteroatoms. The van der Waals surface area contributed by atoms with Crippen molar-refractivity contribution >= 4 is 22.7 Å². The number of hydrogen-bond acceptors (Lipinski definition) is 2. The first-order valence-corrected chi connectivity index (χ1v) is 6.32. The van der Waals surface area contributed by atoms with Crippen molar-refractivity contribution < 1.29 is 5.48 Å². The van der Waals surface area contributed by atoms with Crippen molar-refractivity contribution in [3.05, 3.63) is 84.8 Å². The van der Waals surface area contributed by atoms with Gasteiger partial charge >= 0.3 is 0 Å².